The summed E-state index contributed by atoms with van der Waals surface area (Å²) >= 11 is 2.48. The number of carbonyl (C=O) groups is 1. The van der Waals surface area contributed by atoms with Crippen molar-refractivity contribution in [3.63, 3.8) is 0 Å². The average Bonchev–Trinajstić information content (AvgIpc) is 3.03. The smallest absolute Gasteiger partial charge is 0.313 e. The highest BCUT2D eigenvalue weighted by atomic mass is 32.2. The van der Waals surface area contributed by atoms with Crippen LogP contribution in [0.5, 0.6) is 0 Å². The number of carboxylic acid groups (broad SMARTS) is 1. The van der Waals surface area contributed by atoms with Crippen molar-refractivity contribution < 1.29 is 9.90 Å². The molecule has 0 aliphatic rings. The zero-order valence-electron chi connectivity index (χ0n) is 12.1. The van der Waals surface area contributed by atoms with Crippen molar-refractivity contribution in [2.45, 2.75) is 44.8 Å². The highest BCUT2D eigenvalue weighted by molar-refractivity contribution is 7.99. The summed E-state index contributed by atoms with van der Waals surface area (Å²) in [4.78, 5) is 11.6. The summed E-state index contributed by atoms with van der Waals surface area (Å²) in [5.41, 5.74) is 0.902. The molecule has 21 heavy (non-hydrogen) atoms. The van der Waals surface area contributed by atoms with Gasteiger partial charge in [-0.3, -0.25) is 4.79 Å². The van der Waals surface area contributed by atoms with Crippen LogP contribution in [0.25, 0.3) is 10.7 Å². The van der Waals surface area contributed by atoms with Crippen molar-refractivity contribution in [1.29, 1.82) is 0 Å². The fraction of sp³-hybridized carbons (Fsp3) is 0.583. The van der Waals surface area contributed by atoms with Crippen molar-refractivity contribution in [2.75, 3.05) is 5.75 Å². The predicted octanol–water partition coefficient (Wildman–Crippen LogP) is 2.51. The number of aromatic nitrogens is 5. The molecule has 0 aromatic carbocycles. The highest BCUT2D eigenvalue weighted by Gasteiger charge is 2.21. The molecule has 0 aliphatic carbocycles. The van der Waals surface area contributed by atoms with E-state index >= 15 is 0 Å². The molecule has 0 aliphatic heterocycles. The summed E-state index contributed by atoms with van der Waals surface area (Å²) in [6, 6.07) is 0. The molecule has 0 bridgehead atoms. The third-order valence-corrected chi connectivity index (χ3v) is 4.44. The van der Waals surface area contributed by atoms with Gasteiger partial charge >= 0.3 is 5.97 Å². The Morgan fingerprint density at radius 2 is 2.14 bits per heavy atom. The minimum atomic E-state index is -0.866. The van der Waals surface area contributed by atoms with Gasteiger partial charge in [-0.25, -0.2) is 0 Å². The van der Waals surface area contributed by atoms with Crippen LogP contribution in [0.2, 0.25) is 0 Å². The lowest BCUT2D eigenvalue weighted by atomic mass is 10.1. The van der Waals surface area contributed by atoms with Crippen LogP contribution in [-0.2, 0) is 11.3 Å². The van der Waals surface area contributed by atoms with Crippen molar-refractivity contribution in [2.24, 2.45) is 0 Å². The molecule has 9 heteroatoms. The number of thioether (sulfide) groups is 1. The monoisotopic (exact) mass is 327 g/mol. The fourth-order valence-electron chi connectivity index (χ4n) is 1.85. The number of hydrogen-bond donors (Lipinski definition) is 1. The van der Waals surface area contributed by atoms with Gasteiger partial charge in [0.15, 0.2) is 11.0 Å². The Hall–Kier alpha value is -1.48. The van der Waals surface area contributed by atoms with Crippen molar-refractivity contribution >= 4 is 29.3 Å². The third kappa shape index (κ3) is 3.59. The predicted molar refractivity (Wildman–Crippen MR) is 81.7 cm³/mol. The van der Waals surface area contributed by atoms with Crippen molar-refractivity contribution in [3.8, 4) is 10.7 Å². The van der Waals surface area contributed by atoms with Gasteiger partial charge in [0, 0.05) is 6.54 Å². The number of nitrogens with zero attached hydrogens (tertiary/aromatic N) is 5. The van der Waals surface area contributed by atoms with E-state index in [9.17, 15) is 4.79 Å². The second-order valence-corrected chi connectivity index (χ2v) is 6.48. The van der Waals surface area contributed by atoms with Crippen LogP contribution in [0.15, 0.2) is 5.16 Å². The molecule has 0 saturated heterocycles. The second-order valence-electron chi connectivity index (χ2n) is 4.78. The topological polar surface area (TPSA) is 93.8 Å². The van der Waals surface area contributed by atoms with E-state index in [-0.39, 0.29) is 11.7 Å². The maximum atomic E-state index is 10.7. The highest BCUT2D eigenvalue weighted by Crippen LogP contribution is 2.31. The minimum absolute atomic E-state index is 0.0280. The van der Waals surface area contributed by atoms with Gasteiger partial charge in [-0.2, -0.15) is 0 Å². The van der Waals surface area contributed by atoms with E-state index in [0.29, 0.717) is 5.16 Å². The Morgan fingerprint density at radius 3 is 2.76 bits per heavy atom. The number of rotatable bonds is 7. The largest absolute Gasteiger partial charge is 0.481 e. The van der Waals surface area contributed by atoms with Crippen LogP contribution >= 0.6 is 23.3 Å². The molecule has 2 heterocycles. The molecule has 2 rings (SSSR count). The second kappa shape index (κ2) is 6.99. The van der Waals surface area contributed by atoms with E-state index in [1.165, 1.54) is 23.3 Å². The average molecular weight is 327 g/mol. The number of aliphatic carboxylic acids is 1. The van der Waals surface area contributed by atoms with Crippen LogP contribution in [0, 0.1) is 0 Å². The minimum Gasteiger partial charge on any atom is -0.481 e. The molecule has 0 unspecified atom stereocenters. The lowest BCUT2D eigenvalue weighted by molar-refractivity contribution is -0.133. The van der Waals surface area contributed by atoms with Crippen LogP contribution in [0.4, 0.5) is 0 Å². The van der Waals surface area contributed by atoms with E-state index in [2.05, 4.69) is 40.6 Å². The first-order valence-corrected chi connectivity index (χ1v) is 8.40. The van der Waals surface area contributed by atoms with Crippen LogP contribution < -0.4 is 0 Å². The first-order valence-electron chi connectivity index (χ1n) is 6.65. The molecule has 0 radical (unpaired) electrons. The molecule has 2 aromatic heterocycles. The molecule has 1 N–H and O–H groups in total. The van der Waals surface area contributed by atoms with E-state index < -0.39 is 5.97 Å². The molecule has 114 valence electrons. The number of hydrogen-bond acceptors (Lipinski definition) is 7. The Labute approximate surface area is 131 Å². The van der Waals surface area contributed by atoms with Gasteiger partial charge in [-0.1, -0.05) is 37.0 Å². The summed E-state index contributed by atoms with van der Waals surface area (Å²) in [6.45, 7) is 6.91. The standard InChI is InChI=1S/C12H17N5O2S2/c1-4-5-17-11(10-9(7(2)3)13-16-21-10)14-15-12(17)20-6-8(18)19/h7H,4-6H2,1-3H3,(H,18,19). The molecule has 0 spiro atoms. The van der Waals surface area contributed by atoms with Gasteiger partial charge in [-0.05, 0) is 23.9 Å². The number of carboxylic acids is 1. The van der Waals surface area contributed by atoms with Crippen molar-refractivity contribution in [3.05, 3.63) is 5.69 Å². The first-order chi connectivity index (χ1) is 10.0. The van der Waals surface area contributed by atoms with E-state index in [1.54, 1.807) is 0 Å². The maximum Gasteiger partial charge on any atom is 0.313 e. The summed E-state index contributed by atoms with van der Waals surface area (Å²) in [5, 5.41) is 21.9. The Morgan fingerprint density at radius 1 is 1.38 bits per heavy atom. The van der Waals surface area contributed by atoms with Gasteiger partial charge in [0.1, 0.15) is 4.88 Å². The molecule has 0 amide bonds. The molecule has 0 saturated carbocycles. The molecule has 0 atom stereocenters. The quantitative estimate of drug-likeness (QED) is 0.781. The van der Waals surface area contributed by atoms with E-state index in [0.717, 1.165) is 29.4 Å². The van der Waals surface area contributed by atoms with Gasteiger partial charge in [-0.15, -0.1) is 15.3 Å². The van der Waals surface area contributed by atoms with Gasteiger partial charge in [0.25, 0.3) is 0 Å². The van der Waals surface area contributed by atoms with Crippen LogP contribution in [0.1, 0.15) is 38.8 Å². The Kier molecular flexibility index (Phi) is 5.29. The van der Waals surface area contributed by atoms with Gasteiger partial charge in [0.05, 0.1) is 11.4 Å². The summed E-state index contributed by atoms with van der Waals surface area (Å²) in [7, 11) is 0. The van der Waals surface area contributed by atoms with Gasteiger partial charge < -0.3 is 9.67 Å². The molecule has 0 fully saturated rings. The van der Waals surface area contributed by atoms with Gasteiger partial charge in [0.2, 0.25) is 0 Å². The summed E-state index contributed by atoms with van der Waals surface area (Å²) < 4.78 is 5.97. The summed E-state index contributed by atoms with van der Waals surface area (Å²) in [5.74, 6) is 0.0822. The normalized spacial score (nSPS) is 11.2. The molecule has 2 aromatic rings. The zero-order valence-corrected chi connectivity index (χ0v) is 13.7. The first kappa shape index (κ1) is 15.9. The van der Waals surface area contributed by atoms with Crippen LogP contribution in [-0.4, -0.2) is 41.2 Å². The zero-order chi connectivity index (χ0) is 15.4. The Balaban J connectivity index is 2.39. The lowest BCUT2D eigenvalue weighted by Crippen LogP contribution is -2.05. The molecular formula is C12H17N5O2S2. The van der Waals surface area contributed by atoms with E-state index in [4.69, 9.17) is 5.11 Å². The lowest BCUT2D eigenvalue weighted by Gasteiger charge is -2.08. The van der Waals surface area contributed by atoms with E-state index in [1.807, 2.05) is 4.57 Å². The van der Waals surface area contributed by atoms with Crippen molar-refractivity contribution in [1.82, 2.24) is 24.4 Å². The van der Waals surface area contributed by atoms with Crippen LogP contribution in [0.3, 0.4) is 0 Å². The third-order valence-electron chi connectivity index (χ3n) is 2.75. The Bertz CT molecular complexity index is 623. The SMILES string of the molecule is CCCn1c(SCC(=O)O)nnc1-c1snnc1C(C)C. The maximum absolute atomic E-state index is 10.7. The molecular weight excluding hydrogens is 310 g/mol. The fourth-order valence-corrected chi connectivity index (χ4v) is 3.34. The summed E-state index contributed by atoms with van der Waals surface area (Å²) in [6.07, 6.45) is 0.912. The molecule has 7 nitrogen and oxygen atoms in total.